The lowest BCUT2D eigenvalue weighted by Crippen LogP contribution is -2.14. The van der Waals surface area contributed by atoms with E-state index >= 15 is 0 Å². The fraction of sp³-hybridized carbons (Fsp3) is 0.500. The first-order valence-electron chi connectivity index (χ1n) is 5.72. The molecule has 17 heavy (non-hydrogen) atoms. The Labute approximate surface area is 99.8 Å². The van der Waals surface area contributed by atoms with Gasteiger partial charge in [0, 0.05) is 19.1 Å². The van der Waals surface area contributed by atoms with E-state index < -0.39 is 6.04 Å². The van der Waals surface area contributed by atoms with Gasteiger partial charge in [0.1, 0.15) is 5.75 Å². The van der Waals surface area contributed by atoms with Gasteiger partial charge in [-0.05, 0) is 18.6 Å². The molecule has 0 fully saturated rings. The minimum Gasteiger partial charge on any atom is -0.507 e. The van der Waals surface area contributed by atoms with E-state index in [4.69, 9.17) is 20.3 Å². The second-order valence-electron chi connectivity index (χ2n) is 3.99. The highest BCUT2D eigenvalue weighted by Gasteiger charge is 2.22. The van der Waals surface area contributed by atoms with Crippen molar-refractivity contribution in [3.63, 3.8) is 0 Å². The average molecular weight is 239 g/mol. The van der Waals surface area contributed by atoms with Crippen LogP contribution in [0.3, 0.4) is 0 Å². The number of hydrogen-bond acceptors (Lipinski definition) is 5. The number of ether oxygens (including phenoxy) is 2. The van der Waals surface area contributed by atoms with Gasteiger partial charge in [0.05, 0.1) is 18.8 Å². The Balaban J connectivity index is 2.41. The van der Waals surface area contributed by atoms with Gasteiger partial charge in [-0.1, -0.05) is 0 Å². The molecule has 0 aromatic heterocycles. The van der Waals surface area contributed by atoms with E-state index in [0.29, 0.717) is 36.7 Å². The first-order chi connectivity index (χ1) is 8.24. The van der Waals surface area contributed by atoms with Crippen molar-refractivity contribution in [3.8, 4) is 17.2 Å². The summed E-state index contributed by atoms with van der Waals surface area (Å²) in [5.74, 6) is 1.18. The lowest BCUT2D eigenvalue weighted by atomic mass is 10.0. The van der Waals surface area contributed by atoms with E-state index in [0.717, 1.165) is 6.42 Å². The van der Waals surface area contributed by atoms with Crippen LogP contribution in [-0.4, -0.2) is 30.0 Å². The number of fused-ring (bicyclic) bond motifs is 1. The molecule has 0 radical (unpaired) electrons. The molecule has 4 N–H and O–H groups in total. The van der Waals surface area contributed by atoms with Crippen LogP contribution >= 0.6 is 0 Å². The van der Waals surface area contributed by atoms with Crippen LogP contribution in [0, 0.1) is 0 Å². The Kier molecular flexibility index (Phi) is 3.71. The van der Waals surface area contributed by atoms with Crippen LogP contribution in [-0.2, 0) is 0 Å². The predicted molar refractivity (Wildman–Crippen MR) is 62.3 cm³/mol. The summed E-state index contributed by atoms with van der Waals surface area (Å²) in [5, 5.41) is 18.8. The monoisotopic (exact) mass is 239 g/mol. The van der Waals surface area contributed by atoms with Crippen LogP contribution in [0.2, 0.25) is 0 Å². The summed E-state index contributed by atoms with van der Waals surface area (Å²) in [4.78, 5) is 0. The molecule has 0 aliphatic carbocycles. The molecule has 0 saturated heterocycles. The molecule has 1 aliphatic rings. The lowest BCUT2D eigenvalue weighted by Gasteiger charge is -2.18. The molecule has 1 unspecified atom stereocenters. The number of hydrogen-bond donors (Lipinski definition) is 3. The quantitative estimate of drug-likeness (QED) is 0.730. The van der Waals surface area contributed by atoms with Crippen LogP contribution in [0.5, 0.6) is 17.2 Å². The van der Waals surface area contributed by atoms with Crippen molar-refractivity contribution >= 4 is 0 Å². The largest absolute Gasteiger partial charge is 0.507 e. The zero-order valence-corrected chi connectivity index (χ0v) is 9.56. The number of benzene rings is 1. The number of aliphatic hydroxyl groups excluding tert-OH is 1. The number of phenols is 1. The van der Waals surface area contributed by atoms with Crippen LogP contribution in [0.1, 0.15) is 24.4 Å². The van der Waals surface area contributed by atoms with Crippen molar-refractivity contribution in [2.75, 3.05) is 19.8 Å². The lowest BCUT2D eigenvalue weighted by molar-refractivity contribution is 0.270. The first-order valence-corrected chi connectivity index (χ1v) is 5.72. The maximum absolute atomic E-state index is 9.86. The summed E-state index contributed by atoms with van der Waals surface area (Å²) < 4.78 is 11.1. The maximum Gasteiger partial charge on any atom is 0.169 e. The topological polar surface area (TPSA) is 84.9 Å². The highest BCUT2D eigenvalue weighted by Crippen LogP contribution is 2.41. The summed E-state index contributed by atoms with van der Waals surface area (Å²) >= 11 is 0. The summed E-state index contributed by atoms with van der Waals surface area (Å²) in [6, 6.07) is 2.75. The van der Waals surface area contributed by atoms with Gasteiger partial charge >= 0.3 is 0 Å². The molecule has 0 amide bonds. The molecule has 2 rings (SSSR count). The SMILES string of the molecule is NC(CCO)c1c(O)ccc2c1OCCCO2. The third kappa shape index (κ3) is 2.45. The van der Waals surface area contributed by atoms with Gasteiger partial charge in [0.25, 0.3) is 0 Å². The van der Waals surface area contributed by atoms with Crippen LogP contribution in [0.15, 0.2) is 12.1 Å². The van der Waals surface area contributed by atoms with Crippen molar-refractivity contribution in [3.05, 3.63) is 17.7 Å². The second-order valence-corrected chi connectivity index (χ2v) is 3.99. The second kappa shape index (κ2) is 5.25. The predicted octanol–water partition coefficient (Wildman–Crippen LogP) is 0.936. The minimum atomic E-state index is -0.461. The van der Waals surface area contributed by atoms with Gasteiger partial charge in [-0.2, -0.15) is 0 Å². The van der Waals surface area contributed by atoms with Crippen LogP contribution < -0.4 is 15.2 Å². The third-order valence-electron chi connectivity index (χ3n) is 2.74. The van der Waals surface area contributed by atoms with E-state index in [1.54, 1.807) is 12.1 Å². The fourth-order valence-electron chi connectivity index (χ4n) is 1.89. The molecule has 1 aromatic rings. The van der Waals surface area contributed by atoms with Crippen molar-refractivity contribution < 1.29 is 19.7 Å². The molecule has 1 heterocycles. The summed E-state index contributed by atoms with van der Waals surface area (Å²) in [7, 11) is 0. The summed E-state index contributed by atoms with van der Waals surface area (Å²) in [6.07, 6.45) is 1.16. The Hall–Kier alpha value is -1.46. The van der Waals surface area contributed by atoms with Crippen LogP contribution in [0.25, 0.3) is 0 Å². The molecule has 1 aromatic carbocycles. The Morgan fingerprint density at radius 2 is 2.06 bits per heavy atom. The van der Waals surface area contributed by atoms with E-state index in [9.17, 15) is 5.11 Å². The Morgan fingerprint density at radius 1 is 1.29 bits per heavy atom. The van der Waals surface area contributed by atoms with Gasteiger partial charge in [0.2, 0.25) is 0 Å². The Bertz CT molecular complexity index is 394. The summed E-state index contributed by atoms with van der Waals surface area (Å²) in [6.45, 7) is 1.09. The summed E-state index contributed by atoms with van der Waals surface area (Å²) in [5.41, 5.74) is 6.44. The first kappa shape index (κ1) is 12.0. The van der Waals surface area contributed by atoms with Crippen molar-refractivity contribution in [2.24, 2.45) is 5.73 Å². The molecule has 0 bridgehead atoms. The number of phenolic OH excluding ortho intramolecular Hbond substituents is 1. The molecule has 5 nitrogen and oxygen atoms in total. The zero-order chi connectivity index (χ0) is 12.3. The van der Waals surface area contributed by atoms with Crippen LogP contribution in [0.4, 0.5) is 0 Å². The Morgan fingerprint density at radius 3 is 2.82 bits per heavy atom. The number of nitrogens with two attached hydrogens (primary N) is 1. The van der Waals surface area contributed by atoms with Gasteiger partial charge in [-0.25, -0.2) is 0 Å². The normalized spacial score (nSPS) is 16.4. The van der Waals surface area contributed by atoms with E-state index in [-0.39, 0.29) is 12.4 Å². The maximum atomic E-state index is 9.86. The average Bonchev–Trinajstić information content (AvgIpc) is 2.54. The van der Waals surface area contributed by atoms with Gasteiger partial charge in [-0.15, -0.1) is 0 Å². The number of aromatic hydroxyl groups is 1. The molecule has 1 aliphatic heterocycles. The van der Waals surface area contributed by atoms with E-state index in [2.05, 4.69) is 0 Å². The zero-order valence-electron chi connectivity index (χ0n) is 9.56. The van der Waals surface area contributed by atoms with Gasteiger partial charge in [0.15, 0.2) is 11.5 Å². The highest BCUT2D eigenvalue weighted by atomic mass is 16.5. The van der Waals surface area contributed by atoms with Crippen molar-refractivity contribution in [2.45, 2.75) is 18.9 Å². The van der Waals surface area contributed by atoms with Crippen molar-refractivity contribution in [1.29, 1.82) is 0 Å². The number of rotatable bonds is 3. The molecule has 0 saturated carbocycles. The standard InChI is InChI=1S/C12H17NO4/c13-8(4-5-14)11-9(15)2-3-10-12(11)17-7-1-6-16-10/h2-3,8,14-15H,1,4-7,13H2. The van der Waals surface area contributed by atoms with Gasteiger partial charge < -0.3 is 25.4 Å². The molecular formula is C12H17NO4. The molecule has 94 valence electrons. The number of aliphatic hydroxyl groups is 1. The van der Waals surface area contributed by atoms with E-state index in [1.165, 1.54) is 0 Å². The molecular weight excluding hydrogens is 222 g/mol. The molecule has 0 spiro atoms. The highest BCUT2D eigenvalue weighted by molar-refractivity contribution is 5.55. The van der Waals surface area contributed by atoms with Gasteiger partial charge in [-0.3, -0.25) is 0 Å². The molecule has 1 atom stereocenters. The van der Waals surface area contributed by atoms with E-state index in [1.807, 2.05) is 0 Å². The van der Waals surface area contributed by atoms with Crippen molar-refractivity contribution in [1.82, 2.24) is 0 Å². The molecule has 5 heteroatoms. The third-order valence-corrected chi connectivity index (χ3v) is 2.74. The smallest absolute Gasteiger partial charge is 0.169 e. The fourth-order valence-corrected chi connectivity index (χ4v) is 1.89. The minimum absolute atomic E-state index is 0.0366.